The van der Waals surface area contributed by atoms with Gasteiger partial charge in [0.1, 0.15) is 0 Å². The Bertz CT molecular complexity index is 367. The van der Waals surface area contributed by atoms with Crippen LogP contribution in [0, 0.1) is 10.8 Å². The van der Waals surface area contributed by atoms with Crippen LogP contribution in [0.25, 0.3) is 0 Å². The molecule has 18 heavy (non-hydrogen) atoms. The molecule has 106 valence electrons. The van der Waals surface area contributed by atoms with Crippen molar-refractivity contribution >= 4 is 22.3 Å². The molecule has 0 amide bonds. The number of hydrogen-bond donors (Lipinski definition) is 6. The third-order valence-corrected chi connectivity index (χ3v) is 2.18. The lowest BCUT2D eigenvalue weighted by atomic mass is 10.2. The van der Waals surface area contributed by atoms with Gasteiger partial charge in [-0.05, 0) is 12.8 Å². The molecular weight excluding hydrogens is 262 g/mol. The molecule has 1 rings (SSSR count). The lowest BCUT2D eigenvalue weighted by Gasteiger charge is -2.22. The molecule has 1 fully saturated rings. The van der Waals surface area contributed by atoms with Crippen LogP contribution < -0.4 is 11.1 Å². The fraction of sp³-hybridized carbons (Fsp3) is 0.750. The third kappa shape index (κ3) is 11.1. The van der Waals surface area contributed by atoms with Crippen LogP contribution >= 0.6 is 0 Å². The van der Waals surface area contributed by atoms with Gasteiger partial charge in [0.25, 0.3) is 0 Å². The van der Waals surface area contributed by atoms with Crippen LogP contribution in [0.2, 0.25) is 0 Å². The van der Waals surface area contributed by atoms with Gasteiger partial charge in [-0.15, -0.1) is 0 Å². The highest BCUT2D eigenvalue weighted by Crippen LogP contribution is 2.08. The minimum Gasteiger partial charge on any atom is -0.370 e. The van der Waals surface area contributed by atoms with E-state index in [2.05, 4.69) is 5.32 Å². The van der Waals surface area contributed by atoms with Gasteiger partial charge in [-0.25, -0.2) is 0 Å². The van der Waals surface area contributed by atoms with E-state index in [0.717, 1.165) is 25.9 Å². The second kappa shape index (κ2) is 7.84. The average Bonchev–Trinajstić information content (AvgIpc) is 2.41. The predicted molar refractivity (Wildman–Crippen MR) is 67.0 cm³/mol. The summed E-state index contributed by atoms with van der Waals surface area (Å²) in [5.41, 5.74) is 5.14. The Kier molecular flexibility index (Phi) is 7.24. The molecule has 0 aromatic rings. The monoisotopic (exact) mass is 281 g/mol. The lowest BCUT2D eigenvalue weighted by Crippen LogP contribution is -2.46. The standard InChI is InChI=1S/C8H17N5.H2O4S/c9-7(10)12-8(11)13-5-3-1-2-4-6-13;1-5(2,3)4/h1-6H2,(H5,9,10,11,12);(H2,1,2,3,4). The van der Waals surface area contributed by atoms with Crippen molar-refractivity contribution < 1.29 is 17.5 Å². The molecule has 0 unspecified atom stereocenters. The molecular formula is C8H19N5O4S. The van der Waals surface area contributed by atoms with Crippen molar-refractivity contribution in [2.45, 2.75) is 25.7 Å². The minimum atomic E-state index is -4.67. The van der Waals surface area contributed by atoms with Crippen molar-refractivity contribution in [3.63, 3.8) is 0 Å². The summed E-state index contributed by atoms with van der Waals surface area (Å²) < 4.78 is 31.6. The Hall–Kier alpha value is -1.39. The summed E-state index contributed by atoms with van der Waals surface area (Å²) in [4.78, 5) is 1.94. The Morgan fingerprint density at radius 3 is 1.83 bits per heavy atom. The maximum Gasteiger partial charge on any atom is 0.394 e. The first-order valence-corrected chi connectivity index (χ1v) is 6.74. The molecule has 0 aromatic carbocycles. The minimum absolute atomic E-state index is 0.158. The Balaban J connectivity index is 0.000000494. The second-order valence-electron chi connectivity index (χ2n) is 3.74. The highest BCUT2D eigenvalue weighted by molar-refractivity contribution is 7.79. The zero-order valence-corrected chi connectivity index (χ0v) is 10.7. The predicted octanol–water partition coefficient (Wildman–Crippen LogP) is -0.373. The van der Waals surface area contributed by atoms with Gasteiger partial charge < -0.3 is 10.6 Å². The van der Waals surface area contributed by atoms with Gasteiger partial charge in [0.2, 0.25) is 0 Å². The molecule has 0 aromatic heterocycles. The van der Waals surface area contributed by atoms with E-state index < -0.39 is 10.4 Å². The van der Waals surface area contributed by atoms with E-state index in [9.17, 15) is 0 Å². The van der Waals surface area contributed by atoms with E-state index in [-0.39, 0.29) is 11.9 Å². The van der Waals surface area contributed by atoms with Crippen molar-refractivity contribution in [2.24, 2.45) is 5.73 Å². The van der Waals surface area contributed by atoms with Gasteiger partial charge in [-0.1, -0.05) is 12.8 Å². The zero-order valence-electron chi connectivity index (χ0n) is 9.89. The lowest BCUT2D eigenvalue weighted by molar-refractivity contribution is 0.381. The van der Waals surface area contributed by atoms with Crippen molar-refractivity contribution in [1.29, 1.82) is 10.8 Å². The van der Waals surface area contributed by atoms with Crippen LogP contribution in [-0.4, -0.2) is 47.4 Å². The Morgan fingerprint density at radius 2 is 1.50 bits per heavy atom. The van der Waals surface area contributed by atoms with E-state index in [1.54, 1.807) is 0 Å². The number of nitrogens with one attached hydrogen (secondary N) is 3. The number of hydrogen-bond acceptors (Lipinski definition) is 4. The number of guanidine groups is 2. The summed E-state index contributed by atoms with van der Waals surface area (Å²) >= 11 is 0. The second-order valence-corrected chi connectivity index (χ2v) is 4.63. The van der Waals surface area contributed by atoms with Gasteiger partial charge in [0.15, 0.2) is 11.9 Å². The summed E-state index contributed by atoms with van der Waals surface area (Å²) in [6.45, 7) is 1.80. The van der Waals surface area contributed by atoms with Gasteiger partial charge in [0.05, 0.1) is 0 Å². The Labute approximate surface area is 106 Å². The fourth-order valence-electron chi connectivity index (χ4n) is 1.50. The zero-order chi connectivity index (χ0) is 14.2. The number of nitrogens with zero attached hydrogens (tertiary/aromatic N) is 1. The van der Waals surface area contributed by atoms with E-state index in [1.165, 1.54) is 12.8 Å². The third-order valence-electron chi connectivity index (χ3n) is 2.18. The molecule has 0 atom stereocenters. The molecule has 7 N–H and O–H groups in total. The quantitative estimate of drug-likeness (QED) is 0.200. The summed E-state index contributed by atoms with van der Waals surface area (Å²) in [6, 6.07) is 0. The topological polar surface area (TPSA) is 164 Å². The largest absolute Gasteiger partial charge is 0.394 e. The number of rotatable bonds is 0. The van der Waals surface area contributed by atoms with Crippen LogP contribution in [-0.2, 0) is 10.4 Å². The van der Waals surface area contributed by atoms with E-state index in [4.69, 9.17) is 34.1 Å². The maximum atomic E-state index is 8.74. The molecule has 10 heteroatoms. The first kappa shape index (κ1) is 16.6. The van der Waals surface area contributed by atoms with Crippen molar-refractivity contribution in [2.75, 3.05) is 13.1 Å². The molecule has 0 saturated carbocycles. The normalized spacial score (nSPS) is 16.0. The average molecular weight is 281 g/mol. The van der Waals surface area contributed by atoms with E-state index in [1.807, 2.05) is 4.90 Å². The highest BCUT2D eigenvalue weighted by Gasteiger charge is 2.12. The van der Waals surface area contributed by atoms with E-state index >= 15 is 0 Å². The van der Waals surface area contributed by atoms with Gasteiger partial charge >= 0.3 is 10.4 Å². The van der Waals surface area contributed by atoms with Gasteiger partial charge in [-0.2, -0.15) is 8.42 Å². The summed E-state index contributed by atoms with van der Waals surface area (Å²) in [6.07, 6.45) is 4.73. The van der Waals surface area contributed by atoms with Crippen molar-refractivity contribution in [3.8, 4) is 0 Å². The fourth-order valence-corrected chi connectivity index (χ4v) is 1.50. The number of likely N-dealkylation sites (tertiary alicyclic amines) is 1. The summed E-state index contributed by atoms with van der Waals surface area (Å²) in [5.74, 6) is 0.101. The van der Waals surface area contributed by atoms with Crippen molar-refractivity contribution in [3.05, 3.63) is 0 Å². The smallest absolute Gasteiger partial charge is 0.370 e. The first-order chi connectivity index (χ1) is 8.20. The molecule has 9 nitrogen and oxygen atoms in total. The van der Waals surface area contributed by atoms with Gasteiger partial charge in [-0.3, -0.25) is 25.2 Å². The molecule has 1 aliphatic rings. The summed E-state index contributed by atoms with van der Waals surface area (Å²) in [5, 5.41) is 17.1. The van der Waals surface area contributed by atoms with Crippen LogP contribution in [0.15, 0.2) is 0 Å². The molecule has 0 bridgehead atoms. The van der Waals surface area contributed by atoms with Crippen molar-refractivity contribution in [1.82, 2.24) is 10.2 Å². The molecule has 1 aliphatic heterocycles. The van der Waals surface area contributed by atoms with E-state index in [0.29, 0.717) is 0 Å². The van der Waals surface area contributed by atoms with Crippen LogP contribution in [0.3, 0.4) is 0 Å². The molecule has 0 spiro atoms. The maximum absolute atomic E-state index is 8.74. The molecule has 0 radical (unpaired) electrons. The molecule has 0 aliphatic carbocycles. The molecule has 1 heterocycles. The van der Waals surface area contributed by atoms with Crippen LogP contribution in [0.4, 0.5) is 0 Å². The van der Waals surface area contributed by atoms with Crippen LogP contribution in [0.5, 0.6) is 0 Å². The number of nitrogens with two attached hydrogens (primary N) is 1. The SMILES string of the molecule is N=C(N)NC(=N)N1CCCCCC1.O=S(=O)(O)O. The molecule has 1 saturated heterocycles. The first-order valence-electron chi connectivity index (χ1n) is 5.34. The summed E-state index contributed by atoms with van der Waals surface area (Å²) in [7, 11) is -4.67. The Morgan fingerprint density at radius 1 is 1.11 bits per heavy atom. The van der Waals surface area contributed by atoms with Gasteiger partial charge in [0, 0.05) is 13.1 Å². The highest BCUT2D eigenvalue weighted by atomic mass is 32.3. The van der Waals surface area contributed by atoms with Crippen LogP contribution in [0.1, 0.15) is 25.7 Å².